The van der Waals surface area contributed by atoms with Gasteiger partial charge in [0, 0.05) is 16.8 Å². The lowest BCUT2D eigenvalue weighted by Gasteiger charge is -2.18. The Labute approximate surface area is 139 Å². The van der Waals surface area contributed by atoms with Gasteiger partial charge in [-0.05, 0) is 36.2 Å². The largest absolute Gasteiger partial charge is 0.506 e. The van der Waals surface area contributed by atoms with E-state index < -0.39 is 0 Å². The van der Waals surface area contributed by atoms with Gasteiger partial charge in [0.15, 0.2) is 0 Å². The van der Waals surface area contributed by atoms with Crippen molar-refractivity contribution in [2.75, 3.05) is 5.32 Å². The Balaban J connectivity index is 1.67. The Morgan fingerprint density at radius 2 is 2.14 bits per heavy atom. The molecule has 0 bridgehead atoms. The highest BCUT2D eigenvalue weighted by Gasteiger charge is 2.17. The summed E-state index contributed by atoms with van der Waals surface area (Å²) in [6.45, 7) is 0. The third-order valence-electron chi connectivity index (χ3n) is 3.09. The third-order valence-corrected chi connectivity index (χ3v) is 4.93. The molecule has 0 atom stereocenters. The van der Waals surface area contributed by atoms with E-state index in [2.05, 4.69) is 20.0 Å². The van der Waals surface area contributed by atoms with Crippen LogP contribution in [0.4, 0.5) is 11.4 Å². The maximum absolute atomic E-state index is 9.97. The fourth-order valence-corrected chi connectivity index (χ4v) is 3.84. The smallest absolute Gasteiger partial charge is 0.211 e. The quantitative estimate of drug-likeness (QED) is 0.570. The van der Waals surface area contributed by atoms with Crippen LogP contribution in [0.5, 0.6) is 5.75 Å². The highest BCUT2D eigenvalue weighted by Crippen LogP contribution is 2.41. The highest BCUT2D eigenvalue weighted by atomic mass is 35.5. The van der Waals surface area contributed by atoms with Gasteiger partial charge in [-0.1, -0.05) is 11.6 Å². The number of aromatic nitrogens is 1. The van der Waals surface area contributed by atoms with Crippen LogP contribution in [0.1, 0.15) is 0 Å². The van der Waals surface area contributed by atoms with Crippen molar-refractivity contribution >= 4 is 62.4 Å². The molecule has 110 valence electrons. The van der Waals surface area contributed by atoms with Crippen molar-refractivity contribution < 1.29 is 5.11 Å². The Morgan fingerprint density at radius 3 is 3.05 bits per heavy atom. The molecule has 2 heterocycles. The van der Waals surface area contributed by atoms with Gasteiger partial charge >= 0.3 is 0 Å². The first-order chi connectivity index (χ1) is 10.7. The van der Waals surface area contributed by atoms with Crippen LogP contribution in [0, 0.1) is 0 Å². The Hall–Kier alpha value is -1.96. The molecule has 0 saturated carbocycles. The molecule has 8 heteroatoms. The minimum atomic E-state index is 0.0636. The van der Waals surface area contributed by atoms with Crippen LogP contribution in [0.2, 0.25) is 5.02 Å². The summed E-state index contributed by atoms with van der Waals surface area (Å²) < 4.78 is 4.19. The van der Waals surface area contributed by atoms with E-state index in [1.807, 2.05) is 23.7 Å². The van der Waals surface area contributed by atoms with Gasteiger partial charge in [0.2, 0.25) is 5.96 Å². The number of aliphatic imine (C=N–C) groups is 1. The average molecular weight is 349 g/mol. The normalized spacial score (nSPS) is 13.4. The number of fused-ring (bicyclic) bond motifs is 2. The number of guanidine groups is 1. The molecule has 0 spiro atoms. The number of halogens is 1. The SMILES string of the molecule is Oc1cc(Cl)cc2c1N=C(Nc1ccc3ncsc3c1)NS2. The number of nitrogens with zero attached hydrogens (tertiary/aromatic N) is 2. The molecule has 4 rings (SSSR count). The van der Waals surface area contributed by atoms with E-state index in [1.165, 1.54) is 18.0 Å². The van der Waals surface area contributed by atoms with Crippen LogP contribution in [-0.4, -0.2) is 16.1 Å². The molecule has 0 saturated heterocycles. The van der Waals surface area contributed by atoms with Crippen molar-refractivity contribution in [3.8, 4) is 5.75 Å². The van der Waals surface area contributed by atoms with E-state index in [4.69, 9.17) is 11.6 Å². The maximum atomic E-state index is 9.97. The molecule has 0 unspecified atom stereocenters. The monoisotopic (exact) mass is 348 g/mol. The molecule has 0 aliphatic carbocycles. The van der Waals surface area contributed by atoms with Gasteiger partial charge in [-0.3, -0.25) is 4.72 Å². The summed E-state index contributed by atoms with van der Waals surface area (Å²) in [6.07, 6.45) is 0. The molecule has 22 heavy (non-hydrogen) atoms. The van der Waals surface area contributed by atoms with Crippen LogP contribution in [0.25, 0.3) is 10.2 Å². The zero-order valence-corrected chi connectivity index (χ0v) is 13.4. The standard InChI is InChI=1S/C14H9ClN4OS2/c15-7-3-10(20)13-12(4-7)22-19-14(18-13)17-8-1-2-9-11(5-8)21-6-16-9/h1-6,20H,(H2,17,18,19). The molecular formula is C14H9ClN4OS2. The van der Waals surface area contributed by atoms with E-state index in [1.54, 1.807) is 17.4 Å². The number of phenolic OH excluding ortho intramolecular Hbond substituents is 1. The summed E-state index contributed by atoms with van der Waals surface area (Å²) >= 11 is 8.86. The lowest BCUT2D eigenvalue weighted by atomic mass is 10.3. The highest BCUT2D eigenvalue weighted by molar-refractivity contribution is 7.98. The molecule has 2 aromatic carbocycles. The Bertz CT molecular complexity index is 909. The van der Waals surface area contributed by atoms with Gasteiger partial charge < -0.3 is 10.4 Å². The number of hydrogen-bond acceptors (Lipinski definition) is 7. The van der Waals surface area contributed by atoms with E-state index in [9.17, 15) is 5.11 Å². The topological polar surface area (TPSA) is 69.5 Å². The van der Waals surface area contributed by atoms with Crippen molar-refractivity contribution in [3.63, 3.8) is 0 Å². The van der Waals surface area contributed by atoms with E-state index in [-0.39, 0.29) is 5.75 Å². The number of thiazole rings is 1. The second-order valence-electron chi connectivity index (χ2n) is 4.60. The summed E-state index contributed by atoms with van der Waals surface area (Å²) in [4.78, 5) is 9.44. The summed E-state index contributed by atoms with van der Waals surface area (Å²) in [7, 11) is 0. The molecule has 5 nitrogen and oxygen atoms in total. The van der Waals surface area contributed by atoms with Gasteiger partial charge in [-0.25, -0.2) is 9.98 Å². The number of anilines is 1. The van der Waals surface area contributed by atoms with E-state index in [0.717, 1.165) is 20.8 Å². The summed E-state index contributed by atoms with van der Waals surface area (Å²) in [5.41, 5.74) is 4.20. The van der Waals surface area contributed by atoms with Crippen LogP contribution < -0.4 is 10.0 Å². The molecule has 3 aromatic rings. The van der Waals surface area contributed by atoms with Crippen LogP contribution in [-0.2, 0) is 0 Å². The Morgan fingerprint density at radius 1 is 1.23 bits per heavy atom. The second kappa shape index (κ2) is 5.35. The van der Waals surface area contributed by atoms with Crippen molar-refractivity contribution in [1.29, 1.82) is 0 Å². The fraction of sp³-hybridized carbons (Fsp3) is 0. The summed E-state index contributed by atoms with van der Waals surface area (Å²) in [5.74, 6) is 0.618. The van der Waals surface area contributed by atoms with E-state index >= 15 is 0 Å². The first-order valence-electron chi connectivity index (χ1n) is 6.33. The predicted octanol–water partition coefficient (Wildman–Crippen LogP) is 4.37. The minimum absolute atomic E-state index is 0.0636. The molecule has 1 aliphatic rings. The molecule has 0 radical (unpaired) electrons. The lowest BCUT2D eigenvalue weighted by Crippen LogP contribution is -2.26. The third kappa shape index (κ3) is 2.47. The number of aromatic hydroxyl groups is 1. The zero-order chi connectivity index (χ0) is 15.1. The van der Waals surface area contributed by atoms with Crippen LogP contribution in [0.15, 0.2) is 45.7 Å². The van der Waals surface area contributed by atoms with Gasteiger partial charge in [0.05, 0.1) is 20.6 Å². The maximum Gasteiger partial charge on any atom is 0.211 e. The summed E-state index contributed by atoms with van der Waals surface area (Å²) in [6, 6.07) is 9.15. The summed E-state index contributed by atoms with van der Waals surface area (Å²) in [5, 5.41) is 13.6. The number of nitrogens with one attached hydrogen (secondary N) is 2. The lowest BCUT2D eigenvalue weighted by molar-refractivity contribution is 0.475. The van der Waals surface area contributed by atoms with Gasteiger partial charge in [0.25, 0.3) is 0 Å². The first-order valence-corrected chi connectivity index (χ1v) is 8.41. The van der Waals surface area contributed by atoms with Crippen LogP contribution in [0.3, 0.4) is 0 Å². The fourth-order valence-electron chi connectivity index (χ4n) is 2.11. The second-order valence-corrected chi connectivity index (χ2v) is 6.77. The Kier molecular flexibility index (Phi) is 3.33. The molecule has 1 aliphatic heterocycles. The van der Waals surface area contributed by atoms with Crippen molar-refractivity contribution in [3.05, 3.63) is 40.9 Å². The van der Waals surface area contributed by atoms with Crippen LogP contribution >= 0.6 is 34.9 Å². The number of rotatable bonds is 1. The predicted molar refractivity (Wildman–Crippen MR) is 92.4 cm³/mol. The number of hydrogen-bond donors (Lipinski definition) is 3. The average Bonchev–Trinajstić information content (AvgIpc) is 2.95. The molecule has 3 N–H and O–H groups in total. The van der Waals surface area contributed by atoms with Crippen molar-refractivity contribution in [1.82, 2.24) is 9.71 Å². The molecule has 0 fully saturated rings. The van der Waals surface area contributed by atoms with Gasteiger partial charge in [-0.2, -0.15) is 0 Å². The van der Waals surface area contributed by atoms with E-state index in [0.29, 0.717) is 16.7 Å². The minimum Gasteiger partial charge on any atom is -0.506 e. The zero-order valence-electron chi connectivity index (χ0n) is 11.0. The molecule has 0 amide bonds. The number of benzene rings is 2. The molecule has 1 aromatic heterocycles. The number of phenols is 1. The van der Waals surface area contributed by atoms with Crippen molar-refractivity contribution in [2.24, 2.45) is 4.99 Å². The van der Waals surface area contributed by atoms with Gasteiger partial charge in [-0.15, -0.1) is 11.3 Å². The van der Waals surface area contributed by atoms with Gasteiger partial charge in [0.1, 0.15) is 11.4 Å². The van der Waals surface area contributed by atoms with Crippen molar-refractivity contribution in [2.45, 2.75) is 4.90 Å². The molecular weight excluding hydrogens is 340 g/mol. The first kappa shape index (κ1) is 13.7.